The fourth-order valence-electron chi connectivity index (χ4n) is 3.61. The second kappa shape index (κ2) is 10.3. The van der Waals surface area contributed by atoms with Crippen LogP contribution in [0.15, 0.2) is 67.4 Å². The fourth-order valence-corrected chi connectivity index (χ4v) is 3.61. The molecule has 0 fully saturated rings. The summed E-state index contributed by atoms with van der Waals surface area (Å²) >= 11 is 0. The maximum Gasteiger partial charge on any atom is 0.229 e. The van der Waals surface area contributed by atoms with Gasteiger partial charge in [-0.1, -0.05) is 0 Å². The zero-order valence-electron chi connectivity index (χ0n) is 19.1. The quantitative estimate of drug-likeness (QED) is 0.336. The minimum Gasteiger partial charge on any atom is -0.369 e. The highest BCUT2D eigenvalue weighted by atomic mass is 16.3. The number of anilines is 4. The monoisotopic (exact) mass is 462 g/mol. The van der Waals surface area contributed by atoms with Crippen molar-refractivity contribution in [1.29, 1.82) is 10.5 Å². The number of nitrogens with one attached hydrogen (secondary N) is 2. The van der Waals surface area contributed by atoms with Crippen molar-refractivity contribution in [2.45, 2.75) is 20.1 Å². The molecule has 0 spiro atoms. The first-order valence-electron chi connectivity index (χ1n) is 10.7. The third-order valence-electron chi connectivity index (χ3n) is 5.32. The van der Waals surface area contributed by atoms with E-state index in [4.69, 9.17) is 10.5 Å². The summed E-state index contributed by atoms with van der Waals surface area (Å²) in [5, 5.41) is 35.3. The molecule has 35 heavy (non-hydrogen) atoms. The first-order valence-corrected chi connectivity index (χ1v) is 10.7. The molecule has 4 rings (SSSR count). The van der Waals surface area contributed by atoms with Gasteiger partial charge in [0.15, 0.2) is 6.23 Å². The van der Waals surface area contributed by atoms with Gasteiger partial charge in [0.1, 0.15) is 5.82 Å². The van der Waals surface area contributed by atoms with Gasteiger partial charge in [0, 0.05) is 36.0 Å². The molecule has 9 heteroatoms. The van der Waals surface area contributed by atoms with Gasteiger partial charge in [0.05, 0.1) is 29.6 Å². The van der Waals surface area contributed by atoms with Crippen molar-refractivity contribution in [3.05, 3.63) is 95.2 Å². The average Bonchev–Trinajstić information content (AvgIpc) is 3.40. The predicted molar refractivity (Wildman–Crippen MR) is 133 cm³/mol. The molecule has 3 N–H and O–H groups in total. The lowest BCUT2D eigenvalue weighted by Gasteiger charge is -2.20. The minimum absolute atomic E-state index is 0.322. The summed E-state index contributed by atoms with van der Waals surface area (Å²) in [7, 11) is 0. The Balaban J connectivity index is 1.72. The van der Waals surface area contributed by atoms with Crippen molar-refractivity contribution >= 4 is 29.2 Å². The molecule has 0 saturated heterocycles. The standard InChI is InChI=1S/C26H22N8O/c1-17-12-20(4-3-9-27)13-18(2)23(17)32-24-22(25(35)34-11-10-29-16-34)15-30-26(33-24)31-21-7-5-19(14-28)6-8-21/h3-8,10-13,15-16,25,35H,1-2H3,(H2,30,31,32,33)/b4-3+. The highest BCUT2D eigenvalue weighted by Crippen LogP contribution is 2.31. The van der Waals surface area contributed by atoms with Gasteiger partial charge in [-0.3, -0.25) is 0 Å². The molecule has 4 aromatic rings. The van der Waals surface area contributed by atoms with E-state index >= 15 is 0 Å². The molecule has 2 aromatic carbocycles. The molecule has 0 aliphatic rings. The zero-order chi connectivity index (χ0) is 24.8. The summed E-state index contributed by atoms with van der Waals surface area (Å²) in [5.41, 5.74) is 5.38. The number of hydrogen-bond donors (Lipinski definition) is 3. The number of hydrogen-bond acceptors (Lipinski definition) is 8. The molecule has 1 atom stereocenters. The van der Waals surface area contributed by atoms with Gasteiger partial charge in [-0.15, -0.1) is 0 Å². The first kappa shape index (κ1) is 23.2. The molecule has 172 valence electrons. The second-order valence-corrected chi connectivity index (χ2v) is 7.81. The Morgan fingerprint density at radius 1 is 1.09 bits per heavy atom. The van der Waals surface area contributed by atoms with Crippen molar-refractivity contribution in [2.24, 2.45) is 0 Å². The lowest BCUT2D eigenvalue weighted by molar-refractivity contribution is 0.146. The number of benzene rings is 2. The molecule has 1 unspecified atom stereocenters. The van der Waals surface area contributed by atoms with Crippen LogP contribution in [0.2, 0.25) is 0 Å². The molecular weight excluding hydrogens is 440 g/mol. The number of nitrogens with zero attached hydrogens (tertiary/aromatic N) is 6. The smallest absolute Gasteiger partial charge is 0.229 e. The van der Waals surface area contributed by atoms with Crippen molar-refractivity contribution in [2.75, 3.05) is 10.6 Å². The van der Waals surface area contributed by atoms with Gasteiger partial charge < -0.3 is 20.3 Å². The third-order valence-corrected chi connectivity index (χ3v) is 5.32. The lowest BCUT2D eigenvalue weighted by atomic mass is 10.0. The van der Waals surface area contributed by atoms with E-state index in [1.807, 2.05) is 32.0 Å². The predicted octanol–water partition coefficient (Wildman–Crippen LogP) is 4.72. The van der Waals surface area contributed by atoms with Crippen LogP contribution >= 0.6 is 0 Å². The summed E-state index contributed by atoms with van der Waals surface area (Å²) in [6.45, 7) is 3.92. The van der Waals surface area contributed by atoms with E-state index in [0.29, 0.717) is 22.9 Å². The number of rotatable bonds is 7. The number of aliphatic hydroxyl groups excluding tert-OH is 1. The van der Waals surface area contributed by atoms with E-state index in [1.54, 1.807) is 53.5 Å². The van der Waals surface area contributed by atoms with Crippen molar-refractivity contribution < 1.29 is 5.11 Å². The maximum atomic E-state index is 11.0. The van der Waals surface area contributed by atoms with E-state index < -0.39 is 6.23 Å². The van der Waals surface area contributed by atoms with Crippen LogP contribution in [-0.2, 0) is 0 Å². The number of allylic oxidation sites excluding steroid dienone is 1. The van der Waals surface area contributed by atoms with Crippen LogP contribution in [0.5, 0.6) is 0 Å². The Labute approximate surface area is 202 Å². The lowest BCUT2D eigenvalue weighted by Crippen LogP contribution is -2.13. The number of aliphatic hydroxyl groups is 1. The van der Waals surface area contributed by atoms with Gasteiger partial charge in [-0.2, -0.15) is 15.5 Å². The molecule has 0 aliphatic carbocycles. The Morgan fingerprint density at radius 3 is 2.46 bits per heavy atom. The molecular formula is C26H22N8O. The minimum atomic E-state index is -1.05. The molecule has 9 nitrogen and oxygen atoms in total. The van der Waals surface area contributed by atoms with Crippen molar-refractivity contribution in [3.63, 3.8) is 0 Å². The van der Waals surface area contributed by atoms with Crippen LogP contribution < -0.4 is 10.6 Å². The van der Waals surface area contributed by atoms with E-state index in [9.17, 15) is 5.11 Å². The average molecular weight is 463 g/mol. The fraction of sp³-hybridized carbons (Fsp3) is 0.115. The SMILES string of the molecule is Cc1cc(/C=C/C#N)cc(C)c1Nc1nc(Nc2ccc(C#N)cc2)ncc1C(O)n1ccnc1. The van der Waals surface area contributed by atoms with Crippen LogP contribution in [0.4, 0.5) is 23.1 Å². The number of nitriles is 2. The third kappa shape index (κ3) is 5.33. The van der Waals surface area contributed by atoms with Crippen LogP contribution in [0.25, 0.3) is 6.08 Å². The molecule has 0 aliphatic heterocycles. The van der Waals surface area contributed by atoms with Crippen LogP contribution in [-0.4, -0.2) is 24.6 Å². The van der Waals surface area contributed by atoms with Crippen molar-refractivity contribution in [1.82, 2.24) is 19.5 Å². The van der Waals surface area contributed by atoms with E-state index in [1.165, 1.54) is 12.4 Å². The Kier molecular flexibility index (Phi) is 6.82. The molecule has 2 heterocycles. The molecule has 0 saturated carbocycles. The van der Waals surface area contributed by atoms with Gasteiger partial charge >= 0.3 is 0 Å². The number of aryl methyl sites for hydroxylation is 2. The largest absolute Gasteiger partial charge is 0.369 e. The highest BCUT2D eigenvalue weighted by molar-refractivity contribution is 5.71. The number of aromatic nitrogens is 4. The highest BCUT2D eigenvalue weighted by Gasteiger charge is 2.19. The Hall–Kier alpha value is -4.99. The summed E-state index contributed by atoms with van der Waals surface area (Å²) in [6, 6.07) is 15.0. The first-order chi connectivity index (χ1) is 17.0. The van der Waals surface area contributed by atoms with E-state index in [-0.39, 0.29) is 0 Å². The summed E-state index contributed by atoms with van der Waals surface area (Å²) in [4.78, 5) is 13.0. The Bertz CT molecular complexity index is 1420. The molecule has 0 amide bonds. The van der Waals surface area contributed by atoms with Crippen LogP contribution in [0.1, 0.15) is 34.0 Å². The zero-order valence-corrected chi connectivity index (χ0v) is 19.1. The summed E-state index contributed by atoms with van der Waals surface area (Å²) < 4.78 is 1.55. The summed E-state index contributed by atoms with van der Waals surface area (Å²) in [5.74, 6) is 0.742. The van der Waals surface area contributed by atoms with Gasteiger partial charge in [-0.25, -0.2) is 9.97 Å². The summed E-state index contributed by atoms with van der Waals surface area (Å²) in [6.07, 6.45) is 8.45. The molecule has 0 bridgehead atoms. The van der Waals surface area contributed by atoms with Gasteiger partial charge in [0.2, 0.25) is 5.95 Å². The van der Waals surface area contributed by atoms with E-state index in [0.717, 1.165) is 28.1 Å². The maximum absolute atomic E-state index is 11.0. The number of imidazole rings is 1. The van der Waals surface area contributed by atoms with Gasteiger partial charge in [0.25, 0.3) is 0 Å². The van der Waals surface area contributed by atoms with E-state index in [2.05, 4.69) is 31.7 Å². The Morgan fingerprint density at radius 2 is 1.83 bits per heavy atom. The van der Waals surface area contributed by atoms with Crippen LogP contribution in [0.3, 0.4) is 0 Å². The second-order valence-electron chi connectivity index (χ2n) is 7.81. The normalized spacial score (nSPS) is 11.6. The molecule has 0 radical (unpaired) electrons. The van der Waals surface area contributed by atoms with Gasteiger partial charge in [-0.05, 0) is 73.0 Å². The molecule has 2 aromatic heterocycles. The van der Waals surface area contributed by atoms with Crippen LogP contribution in [0, 0.1) is 36.5 Å². The van der Waals surface area contributed by atoms with Crippen molar-refractivity contribution in [3.8, 4) is 12.1 Å². The topological polar surface area (TPSA) is 135 Å².